The van der Waals surface area contributed by atoms with Crippen molar-refractivity contribution in [2.75, 3.05) is 0 Å². The Balaban J connectivity index is 0.000000148. The van der Waals surface area contributed by atoms with Gasteiger partial charge in [0.1, 0.15) is 0 Å². The molecule has 9 heavy (non-hydrogen) atoms. The Morgan fingerprint density at radius 2 is 1.00 bits per heavy atom. The maximum atomic E-state index is 3.64. The van der Waals surface area contributed by atoms with Crippen LogP contribution >= 0.6 is 0 Å². The summed E-state index contributed by atoms with van der Waals surface area (Å²) in [7, 11) is 0. The Labute approximate surface area is 59.7 Å². The van der Waals surface area contributed by atoms with E-state index in [1.165, 1.54) is 32.1 Å². The van der Waals surface area contributed by atoms with E-state index >= 15 is 0 Å². The van der Waals surface area contributed by atoms with Crippen molar-refractivity contribution in [3.8, 4) is 0 Å². The summed E-state index contributed by atoms with van der Waals surface area (Å²) >= 11 is 0. The van der Waals surface area contributed by atoms with Crippen molar-refractivity contribution < 1.29 is 0 Å². The lowest BCUT2D eigenvalue weighted by Gasteiger charge is -1.78. The molecule has 0 heterocycles. The van der Waals surface area contributed by atoms with Crippen molar-refractivity contribution in [2.45, 2.75) is 46.0 Å². The number of rotatable bonds is 0. The monoisotopic (exact) mass is 127 g/mol. The highest BCUT2D eigenvalue weighted by Gasteiger charge is 1.95. The molecule has 0 aromatic heterocycles. The van der Waals surface area contributed by atoms with Crippen molar-refractivity contribution in [1.82, 2.24) is 0 Å². The van der Waals surface area contributed by atoms with E-state index < -0.39 is 0 Å². The molecule has 0 amide bonds. The topological polar surface area (TPSA) is 0 Å². The highest BCUT2D eigenvalue weighted by molar-refractivity contribution is 4.51. The fraction of sp³-hybridized carbons (Fsp3) is 0.889. The van der Waals surface area contributed by atoms with E-state index in [2.05, 4.69) is 20.8 Å². The quantitative estimate of drug-likeness (QED) is 0.467. The molecule has 0 aromatic rings. The van der Waals surface area contributed by atoms with E-state index in [-0.39, 0.29) is 0 Å². The molecule has 1 fully saturated rings. The van der Waals surface area contributed by atoms with Gasteiger partial charge in [-0.05, 0) is 5.92 Å². The molecule has 1 aliphatic carbocycles. The van der Waals surface area contributed by atoms with Gasteiger partial charge in [0, 0.05) is 0 Å². The van der Waals surface area contributed by atoms with Crippen LogP contribution in [0.4, 0.5) is 0 Å². The predicted molar refractivity (Wildman–Crippen MR) is 43.3 cm³/mol. The van der Waals surface area contributed by atoms with Crippen LogP contribution in [-0.2, 0) is 0 Å². The van der Waals surface area contributed by atoms with Gasteiger partial charge in [-0.15, -0.1) is 0 Å². The van der Waals surface area contributed by atoms with Crippen LogP contribution in [0.15, 0.2) is 0 Å². The van der Waals surface area contributed by atoms with E-state index in [9.17, 15) is 0 Å². The largest absolute Gasteiger partial charge is 0.0628 e. The fourth-order valence-electron chi connectivity index (χ4n) is 0.884. The maximum Gasteiger partial charge on any atom is -0.0471 e. The predicted octanol–water partition coefficient (Wildman–Crippen LogP) is 3.43. The molecule has 0 bridgehead atoms. The van der Waals surface area contributed by atoms with Crippen LogP contribution in [0.2, 0.25) is 0 Å². The first-order chi connectivity index (χ1) is 4.23. The van der Waals surface area contributed by atoms with E-state index in [0.29, 0.717) is 5.92 Å². The van der Waals surface area contributed by atoms with E-state index in [1.807, 2.05) is 0 Å². The van der Waals surface area contributed by atoms with Crippen LogP contribution in [0.25, 0.3) is 0 Å². The van der Waals surface area contributed by atoms with Crippen molar-refractivity contribution in [1.29, 1.82) is 0 Å². The van der Waals surface area contributed by atoms with Crippen LogP contribution in [0, 0.1) is 12.8 Å². The summed E-state index contributed by atoms with van der Waals surface area (Å²) < 4.78 is 0. The number of hydrogen-bond acceptors (Lipinski definition) is 0. The highest BCUT2D eigenvalue weighted by atomic mass is 14.0. The van der Waals surface area contributed by atoms with Crippen molar-refractivity contribution in [2.24, 2.45) is 5.92 Å². The van der Waals surface area contributed by atoms with Gasteiger partial charge in [0.05, 0.1) is 0 Å². The molecule has 1 rings (SSSR count). The van der Waals surface area contributed by atoms with Gasteiger partial charge in [0.15, 0.2) is 0 Å². The molecule has 55 valence electrons. The van der Waals surface area contributed by atoms with Crippen LogP contribution in [-0.4, -0.2) is 0 Å². The summed E-state index contributed by atoms with van der Waals surface area (Å²) in [6.45, 7) is 7.75. The summed E-state index contributed by atoms with van der Waals surface area (Å²) in [6, 6.07) is 0. The minimum atomic E-state index is 0.583. The van der Waals surface area contributed by atoms with Gasteiger partial charge >= 0.3 is 0 Å². The molecule has 0 heteroatoms. The summed E-state index contributed by atoms with van der Waals surface area (Å²) in [5.74, 6) is 0.583. The molecule has 0 unspecified atom stereocenters. The second kappa shape index (κ2) is 6.12. The Morgan fingerprint density at radius 3 is 1.11 bits per heavy atom. The Hall–Kier alpha value is 0. The first-order valence-corrected chi connectivity index (χ1v) is 4.06. The van der Waals surface area contributed by atoms with Crippen molar-refractivity contribution in [3.63, 3.8) is 0 Å². The number of hydrogen-bond donors (Lipinski definition) is 0. The molecule has 1 saturated carbocycles. The third-order valence-electron chi connectivity index (χ3n) is 1.25. The average molecular weight is 127 g/mol. The van der Waals surface area contributed by atoms with Crippen LogP contribution in [0.3, 0.4) is 0 Å². The summed E-state index contributed by atoms with van der Waals surface area (Å²) in [4.78, 5) is 0. The van der Waals surface area contributed by atoms with Gasteiger partial charge < -0.3 is 0 Å². The maximum absolute atomic E-state index is 3.64. The van der Waals surface area contributed by atoms with Gasteiger partial charge in [-0.25, -0.2) is 0 Å². The van der Waals surface area contributed by atoms with Gasteiger partial charge in [-0.3, -0.25) is 0 Å². The lowest BCUT2D eigenvalue weighted by Crippen LogP contribution is -1.67. The molecule has 0 nitrogen and oxygen atoms in total. The Kier molecular flexibility index (Phi) is 6.12. The SMILES string of the molecule is C1CCCC1.[CH2]C(C)C. The first kappa shape index (κ1) is 9.00. The van der Waals surface area contributed by atoms with Crippen LogP contribution in [0.1, 0.15) is 46.0 Å². The molecular weight excluding hydrogens is 108 g/mol. The van der Waals surface area contributed by atoms with E-state index in [4.69, 9.17) is 0 Å². The van der Waals surface area contributed by atoms with Gasteiger partial charge in [0.25, 0.3) is 0 Å². The zero-order valence-corrected chi connectivity index (χ0v) is 6.82. The standard InChI is InChI=1S/C5H10.C4H9/c1-2-4-5-3-1;1-4(2)3/h1-5H2;4H,1H2,2-3H3. The third kappa shape index (κ3) is 11.5. The van der Waals surface area contributed by atoms with Gasteiger partial charge in [-0.1, -0.05) is 52.9 Å². The fourth-order valence-corrected chi connectivity index (χ4v) is 0.884. The van der Waals surface area contributed by atoms with Gasteiger partial charge in [-0.2, -0.15) is 0 Å². The lowest BCUT2D eigenvalue weighted by molar-refractivity contribution is 0.827. The average Bonchev–Trinajstić information content (AvgIpc) is 2.11. The van der Waals surface area contributed by atoms with Crippen LogP contribution < -0.4 is 0 Å². The molecule has 1 aliphatic rings. The van der Waals surface area contributed by atoms with E-state index in [0.717, 1.165) is 0 Å². The molecule has 0 aliphatic heterocycles. The molecule has 0 N–H and O–H groups in total. The second-order valence-electron chi connectivity index (χ2n) is 3.16. The lowest BCUT2D eigenvalue weighted by atomic mass is 10.3. The zero-order valence-electron chi connectivity index (χ0n) is 6.82. The third-order valence-corrected chi connectivity index (χ3v) is 1.25. The molecule has 1 radical (unpaired) electrons. The minimum Gasteiger partial charge on any atom is -0.0628 e. The summed E-state index contributed by atoms with van der Waals surface area (Å²) in [5, 5.41) is 0. The highest BCUT2D eigenvalue weighted by Crippen LogP contribution is 2.15. The van der Waals surface area contributed by atoms with Crippen molar-refractivity contribution in [3.05, 3.63) is 6.92 Å². The Bertz CT molecular complexity index is 31.6. The zero-order chi connectivity index (χ0) is 7.11. The second-order valence-corrected chi connectivity index (χ2v) is 3.16. The molecular formula is C9H19. The molecule has 0 saturated heterocycles. The Morgan fingerprint density at radius 1 is 0.889 bits per heavy atom. The normalized spacial score (nSPS) is 17.3. The van der Waals surface area contributed by atoms with E-state index in [1.54, 1.807) is 0 Å². The van der Waals surface area contributed by atoms with Crippen molar-refractivity contribution >= 4 is 0 Å². The molecule has 0 aromatic carbocycles. The summed E-state index contributed by atoms with van der Waals surface area (Å²) in [5.41, 5.74) is 0. The smallest absolute Gasteiger partial charge is 0.0471 e. The first-order valence-electron chi connectivity index (χ1n) is 4.06. The minimum absolute atomic E-state index is 0.583. The summed E-state index contributed by atoms with van der Waals surface area (Å²) in [6.07, 6.45) is 7.50. The van der Waals surface area contributed by atoms with Gasteiger partial charge in [0.2, 0.25) is 0 Å². The van der Waals surface area contributed by atoms with Crippen LogP contribution in [0.5, 0.6) is 0 Å². The molecule has 0 spiro atoms. The molecule has 0 atom stereocenters.